The van der Waals surface area contributed by atoms with Gasteiger partial charge in [-0.3, -0.25) is 4.79 Å². The highest BCUT2D eigenvalue weighted by molar-refractivity contribution is 9.09. The van der Waals surface area contributed by atoms with E-state index in [1.807, 2.05) is 25.1 Å². The van der Waals surface area contributed by atoms with Crippen molar-refractivity contribution >= 4 is 27.5 Å². The Bertz CT molecular complexity index is 458. The first-order chi connectivity index (χ1) is 9.74. The zero-order valence-electron chi connectivity index (χ0n) is 11.7. The van der Waals surface area contributed by atoms with Gasteiger partial charge in [0.1, 0.15) is 11.9 Å². The number of anilines is 1. The Kier molecular flexibility index (Phi) is 5.86. The summed E-state index contributed by atoms with van der Waals surface area (Å²) < 4.78 is 11.0. The van der Waals surface area contributed by atoms with E-state index in [0.29, 0.717) is 18.9 Å². The fraction of sp³-hybridized carbons (Fsp3) is 0.533. The molecule has 0 saturated carbocycles. The van der Waals surface area contributed by atoms with Crippen molar-refractivity contribution in [2.45, 2.75) is 32.3 Å². The molecule has 1 aliphatic rings. The van der Waals surface area contributed by atoms with Crippen molar-refractivity contribution in [1.29, 1.82) is 0 Å². The number of aryl methyl sites for hydroxylation is 1. The van der Waals surface area contributed by atoms with Crippen LogP contribution in [0.1, 0.15) is 25.3 Å². The Labute approximate surface area is 128 Å². The molecule has 1 atom stereocenters. The van der Waals surface area contributed by atoms with Gasteiger partial charge in [-0.2, -0.15) is 0 Å². The summed E-state index contributed by atoms with van der Waals surface area (Å²) >= 11 is 3.43. The van der Waals surface area contributed by atoms with Crippen LogP contribution in [0.4, 0.5) is 5.69 Å². The minimum atomic E-state index is -0.327. The zero-order valence-corrected chi connectivity index (χ0v) is 13.2. The van der Waals surface area contributed by atoms with E-state index >= 15 is 0 Å². The maximum absolute atomic E-state index is 12.1. The highest BCUT2D eigenvalue weighted by Gasteiger charge is 2.24. The van der Waals surface area contributed by atoms with E-state index in [2.05, 4.69) is 21.2 Å². The number of rotatable bonds is 6. The normalized spacial score (nSPS) is 18.0. The van der Waals surface area contributed by atoms with E-state index in [1.54, 1.807) is 0 Å². The second kappa shape index (κ2) is 7.64. The number of hydrogen-bond donors (Lipinski definition) is 1. The minimum Gasteiger partial charge on any atom is -0.492 e. The lowest BCUT2D eigenvalue weighted by Gasteiger charge is -2.15. The molecule has 1 amide bonds. The summed E-state index contributed by atoms with van der Waals surface area (Å²) in [6.45, 7) is 3.17. The smallest absolute Gasteiger partial charge is 0.253 e. The Morgan fingerprint density at radius 2 is 2.40 bits per heavy atom. The highest BCUT2D eigenvalue weighted by atomic mass is 79.9. The third kappa shape index (κ3) is 3.96. The van der Waals surface area contributed by atoms with Crippen molar-refractivity contribution < 1.29 is 14.3 Å². The number of ether oxygens (including phenoxy) is 2. The Morgan fingerprint density at radius 1 is 1.55 bits per heavy atom. The van der Waals surface area contributed by atoms with Crippen LogP contribution >= 0.6 is 15.9 Å². The molecule has 1 aliphatic heterocycles. The van der Waals surface area contributed by atoms with Gasteiger partial charge < -0.3 is 14.8 Å². The van der Waals surface area contributed by atoms with Crippen LogP contribution in [0.15, 0.2) is 18.2 Å². The fourth-order valence-electron chi connectivity index (χ4n) is 2.21. The lowest BCUT2D eigenvalue weighted by atomic mass is 10.1. The molecule has 4 nitrogen and oxygen atoms in total. The molecular weight excluding hydrogens is 322 g/mol. The van der Waals surface area contributed by atoms with Crippen molar-refractivity contribution in [2.24, 2.45) is 0 Å². The summed E-state index contributed by atoms with van der Waals surface area (Å²) in [6.07, 6.45) is 2.34. The molecule has 0 radical (unpaired) electrons. The number of alkyl halides is 1. The predicted octanol–water partition coefficient (Wildman–Crippen LogP) is 3.14. The standard InChI is InChI=1S/C15H20BrNO3/c1-2-19-14-10-11(7-8-16)5-6-12(14)17-15(18)13-4-3-9-20-13/h5-6,10,13H,2-4,7-9H2,1H3,(H,17,18). The predicted molar refractivity (Wildman–Crippen MR) is 82.7 cm³/mol. The molecule has 1 unspecified atom stereocenters. The molecule has 20 heavy (non-hydrogen) atoms. The monoisotopic (exact) mass is 341 g/mol. The lowest BCUT2D eigenvalue weighted by Crippen LogP contribution is -2.27. The van der Waals surface area contributed by atoms with Crippen LogP contribution in [0.25, 0.3) is 0 Å². The number of nitrogens with one attached hydrogen (secondary N) is 1. The number of carbonyl (C=O) groups is 1. The Balaban J connectivity index is 2.10. The van der Waals surface area contributed by atoms with Gasteiger partial charge in [0.15, 0.2) is 0 Å². The van der Waals surface area contributed by atoms with E-state index in [-0.39, 0.29) is 12.0 Å². The second-order valence-corrected chi connectivity index (χ2v) is 5.49. The molecule has 1 saturated heterocycles. The molecule has 1 aromatic carbocycles. The highest BCUT2D eigenvalue weighted by Crippen LogP contribution is 2.27. The fourth-order valence-corrected chi connectivity index (χ4v) is 2.67. The van der Waals surface area contributed by atoms with Gasteiger partial charge in [-0.05, 0) is 43.9 Å². The van der Waals surface area contributed by atoms with Gasteiger partial charge in [-0.25, -0.2) is 0 Å². The number of halogens is 1. The average molecular weight is 342 g/mol. The molecule has 1 aromatic rings. The van der Waals surface area contributed by atoms with Crippen molar-refractivity contribution in [2.75, 3.05) is 23.9 Å². The van der Waals surface area contributed by atoms with Crippen molar-refractivity contribution in [1.82, 2.24) is 0 Å². The summed E-state index contributed by atoms with van der Waals surface area (Å²) in [5.41, 5.74) is 1.89. The van der Waals surface area contributed by atoms with Gasteiger partial charge in [0, 0.05) is 11.9 Å². The first-order valence-electron chi connectivity index (χ1n) is 6.98. The maximum Gasteiger partial charge on any atom is 0.253 e. The quantitative estimate of drug-likeness (QED) is 0.808. The van der Waals surface area contributed by atoms with Crippen LogP contribution in [0.2, 0.25) is 0 Å². The molecule has 1 fully saturated rings. The van der Waals surface area contributed by atoms with Crippen LogP contribution in [-0.2, 0) is 16.0 Å². The molecule has 0 aromatic heterocycles. The third-order valence-electron chi connectivity index (χ3n) is 3.21. The molecule has 0 aliphatic carbocycles. The van der Waals surface area contributed by atoms with Crippen LogP contribution in [0.5, 0.6) is 5.75 Å². The molecule has 1 heterocycles. The zero-order chi connectivity index (χ0) is 14.4. The second-order valence-electron chi connectivity index (χ2n) is 4.69. The van der Waals surface area contributed by atoms with E-state index in [4.69, 9.17) is 9.47 Å². The number of benzene rings is 1. The molecule has 1 N–H and O–H groups in total. The largest absolute Gasteiger partial charge is 0.492 e. The lowest BCUT2D eigenvalue weighted by molar-refractivity contribution is -0.124. The topological polar surface area (TPSA) is 47.6 Å². The van der Waals surface area contributed by atoms with Crippen molar-refractivity contribution in [3.63, 3.8) is 0 Å². The molecule has 110 valence electrons. The molecule has 5 heteroatoms. The third-order valence-corrected chi connectivity index (χ3v) is 3.61. The van der Waals surface area contributed by atoms with Crippen LogP contribution in [0.3, 0.4) is 0 Å². The molecule has 2 rings (SSSR count). The molecule has 0 spiro atoms. The van der Waals surface area contributed by atoms with E-state index in [0.717, 1.165) is 30.3 Å². The van der Waals surface area contributed by atoms with Gasteiger partial charge in [0.2, 0.25) is 0 Å². The van der Waals surface area contributed by atoms with Crippen LogP contribution in [-0.4, -0.2) is 30.6 Å². The van der Waals surface area contributed by atoms with Gasteiger partial charge in [0.05, 0.1) is 12.3 Å². The first kappa shape index (κ1) is 15.3. The van der Waals surface area contributed by atoms with Crippen molar-refractivity contribution in [3.05, 3.63) is 23.8 Å². The summed E-state index contributed by atoms with van der Waals surface area (Å²) in [6, 6.07) is 5.89. The number of amides is 1. The summed E-state index contributed by atoms with van der Waals surface area (Å²) in [5, 5.41) is 3.81. The van der Waals surface area contributed by atoms with Crippen LogP contribution in [0, 0.1) is 0 Å². The number of carbonyl (C=O) groups excluding carboxylic acids is 1. The van der Waals surface area contributed by atoms with Gasteiger partial charge in [-0.15, -0.1) is 0 Å². The Hall–Kier alpha value is -1.07. The van der Waals surface area contributed by atoms with E-state index in [9.17, 15) is 4.79 Å². The van der Waals surface area contributed by atoms with Crippen molar-refractivity contribution in [3.8, 4) is 5.75 Å². The summed E-state index contributed by atoms with van der Waals surface area (Å²) in [4.78, 5) is 12.1. The molecule has 0 bridgehead atoms. The van der Waals surface area contributed by atoms with E-state index in [1.165, 1.54) is 5.56 Å². The van der Waals surface area contributed by atoms with Gasteiger partial charge >= 0.3 is 0 Å². The van der Waals surface area contributed by atoms with E-state index < -0.39 is 0 Å². The maximum atomic E-state index is 12.1. The number of hydrogen-bond acceptors (Lipinski definition) is 3. The SMILES string of the molecule is CCOc1cc(CCBr)ccc1NC(=O)C1CCCO1. The average Bonchev–Trinajstić information content (AvgIpc) is 2.96. The minimum absolute atomic E-state index is 0.0864. The van der Waals surface area contributed by atoms with Gasteiger partial charge in [-0.1, -0.05) is 22.0 Å². The molecular formula is C15H20BrNO3. The Morgan fingerprint density at radius 3 is 3.05 bits per heavy atom. The first-order valence-corrected chi connectivity index (χ1v) is 8.11. The summed E-state index contributed by atoms with van der Waals surface area (Å²) in [7, 11) is 0. The van der Waals surface area contributed by atoms with Crippen LogP contribution < -0.4 is 10.1 Å². The summed E-state index contributed by atoms with van der Waals surface area (Å²) in [5.74, 6) is 0.633. The van der Waals surface area contributed by atoms with Gasteiger partial charge in [0.25, 0.3) is 5.91 Å².